The maximum Gasteiger partial charge on any atom is 0.337 e. The van der Waals surface area contributed by atoms with Gasteiger partial charge in [0.1, 0.15) is 11.6 Å². The van der Waals surface area contributed by atoms with Gasteiger partial charge in [0, 0.05) is 33.3 Å². The first-order chi connectivity index (χ1) is 18.7. The molecule has 0 spiro atoms. The first-order valence-corrected chi connectivity index (χ1v) is 13.4. The fraction of sp³-hybridized carbons (Fsp3) is 0.333. The normalized spacial score (nSPS) is 22.7. The Kier molecular flexibility index (Phi) is 8.57. The molecule has 0 bridgehead atoms. The number of nitrogens with one attached hydrogen (secondary N) is 2. The highest BCUT2D eigenvalue weighted by molar-refractivity contribution is 6.30. The molecular weight excluding hydrogens is 559 g/mol. The summed E-state index contributed by atoms with van der Waals surface area (Å²) in [5, 5.41) is 6.55. The minimum Gasteiger partial charge on any atom is -0.465 e. The topological polar surface area (TPSA) is 93.4 Å². The van der Waals surface area contributed by atoms with E-state index in [2.05, 4.69) is 10.6 Å². The van der Waals surface area contributed by atoms with Crippen molar-refractivity contribution in [1.82, 2.24) is 5.32 Å². The average Bonchev–Trinajstić information content (AvgIpc) is 3.16. The summed E-state index contributed by atoms with van der Waals surface area (Å²) in [5.41, 5.74) is 6.19. The molecule has 0 saturated carbocycles. The van der Waals surface area contributed by atoms with Gasteiger partial charge in [-0.1, -0.05) is 50.0 Å². The van der Waals surface area contributed by atoms with Crippen molar-refractivity contribution in [3.8, 4) is 0 Å². The molecule has 0 aromatic heterocycles. The van der Waals surface area contributed by atoms with Crippen LogP contribution in [0.5, 0.6) is 0 Å². The number of halogens is 4. The van der Waals surface area contributed by atoms with Crippen LogP contribution in [0.25, 0.3) is 0 Å². The zero-order valence-electron chi connectivity index (χ0n) is 22.5. The molecular formula is C30H31Cl2F2N3O3. The molecule has 3 aromatic carbocycles. The fourth-order valence-electron chi connectivity index (χ4n) is 5.42. The molecule has 3 aromatic rings. The number of benzene rings is 3. The zero-order chi connectivity index (χ0) is 29.4. The third kappa shape index (κ3) is 6.00. The molecule has 212 valence electrons. The number of ether oxygens (including phenoxy) is 1. The van der Waals surface area contributed by atoms with Crippen molar-refractivity contribution in [1.29, 1.82) is 0 Å². The molecule has 1 heterocycles. The Morgan fingerprint density at radius 1 is 1.00 bits per heavy atom. The van der Waals surface area contributed by atoms with E-state index in [0.717, 1.165) is 6.07 Å². The number of esters is 1. The lowest BCUT2D eigenvalue weighted by molar-refractivity contribution is -0.118. The third-order valence-corrected chi connectivity index (χ3v) is 7.64. The van der Waals surface area contributed by atoms with Crippen LogP contribution in [0.1, 0.15) is 54.6 Å². The van der Waals surface area contributed by atoms with Crippen molar-refractivity contribution in [3.05, 3.63) is 99.0 Å². The highest BCUT2D eigenvalue weighted by atomic mass is 35.5. The zero-order valence-corrected chi connectivity index (χ0v) is 24.0. The van der Waals surface area contributed by atoms with Crippen LogP contribution in [0.4, 0.5) is 14.5 Å². The third-order valence-electron chi connectivity index (χ3n) is 7.17. The van der Waals surface area contributed by atoms with E-state index in [-0.39, 0.29) is 26.6 Å². The van der Waals surface area contributed by atoms with Gasteiger partial charge < -0.3 is 21.1 Å². The van der Waals surface area contributed by atoms with Crippen molar-refractivity contribution in [2.45, 2.75) is 50.7 Å². The first-order valence-electron chi connectivity index (χ1n) is 12.7. The maximum absolute atomic E-state index is 15.6. The van der Waals surface area contributed by atoms with E-state index in [9.17, 15) is 9.59 Å². The molecule has 0 aliphatic carbocycles. The molecule has 1 fully saturated rings. The fourth-order valence-corrected chi connectivity index (χ4v) is 5.76. The summed E-state index contributed by atoms with van der Waals surface area (Å²) in [6.45, 7) is 6.00. The Hall–Kier alpha value is -3.04. The molecule has 4 atom stereocenters. The van der Waals surface area contributed by atoms with Crippen molar-refractivity contribution in [3.63, 3.8) is 0 Å². The number of anilines is 1. The summed E-state index contributed by atoms with van der Waals surface area (Å²) in [6, 6.07) is 12.6. The predicted octanol–water partition coefficient (Wildman–Crippen LogP) is 6.41. The molecule has 4 N–H and O–H groups in total. The standard InChI is InChI=1S/C30H31Cl2F2N3O3/c1-29(2,3)15-24-30(35,21-11-7-18(32)14-23(21)34)25(20-13-17(31)8-12-22(20)33)26(37-24)27(38)36-19-9-5-16(6-10-19)28(39)40-4/h5-14,24-26,37H,15,35H2,1-4H3,(H,36,38). The number of carbonyl (C=O) groups is 2. The Balaban J connectivity index is 1.85. The quantitative estimate of drug-likeness (QED) is 0.289. The van der Waals surface area contributed by atoms with E-state index >= 15 is 8.78 Å². The van der Waals surface area contributed by atoms with E-state index in [1.807, 2.05) is 20.8 Å². The molecule has 10 heteroatoms. The van der Waals surface area contributed by atoms with Crippen molar-refractivity contribution in [2.24, 2.45) is 11.1 Å². The lowest BCUT2D eigenvalue weighted by Gasteiger charge is -2.40. The second-order valence-electron chi connectivity index (χ2n) is 11.2. The second-order valence-corrected chi connectivity index (χ2v) is 12.1. The van der Waals surface area contributed by atoms with Gasteiger partial charge in [-0.3, -0.25) is 4.79 Å². The van der Waals surface area contributed by atoms with Crippen LogP contribution in [-0.4, -0.2) is 31.1 Å². The summed E-state index contributed by atoms with van der Waals surface area (Å²) in [6.07, 6.45) is 0.432. The number of rotatable bonds is 6. The van der Waals surface area contributed by atoms with E-state index in [1.165, 1.54) is 49.6 Å². The Morgan fingerprint density at radius 3 is 2.23 bits per heavy atom. The summed E-state index contributed by atoms with van der Waals surface area (Å²) < 4.78 is 35.8. The van der Waals surface area contributed by atoms with Gasteiger partial charge in [0.15, 0.2) is 0 Å². The minimum absolute atomic E-state index is 0.0782. The lowest BCUT2D eigenvalue weighted by Crippen LogP contribution is -2.52. The second kappa shape index (κ2) is 11.4. The highest BCUT2D eigenvalue weighted by Crippen LogP contribution is 2.49. The monoisotopic (exact) mass is 589 g/mol. The molecule has 6 nitrogen and oxygen atoms in total. The van der Waals surface area contributed by atoms with Crippen LogP contribution >= 0.6 is 23.2 Å². The number of nitrogens with two attached hydrogens (primary N) is 1. The van der Waals surface area contributed by atoms with Crippen LogP contribution in [0.2, 0.25) is 10.0 Å². The molecule has 1 amide bonds. The Bertz CT molecular complexity index is 1430. The SMILES string of the molecule is COC(=O)c1ccc(NC(=O)C2NC(CC(C)(C)C)C(N)(c3ccc(Cl)cc3F)C2c2cc(Cl)ccc2F)cc1. The minimum atomic E-state index is -1.58. The van der Waals surface area contributed by atoms with Gasteiger partial charge in [0.2, 0.25) is 5.91 Å². The van der Waals surface area contributed by atoms with Crippen molar-refractivity contribution >= 4 is 40.8 Å². The van der Waals surface area contributed by atoms with E-state index in [0.29, 0.717) is 17.7 Å². The summed E-state index contributed by atoms with van der Waals surface area (Å²) in [4.78, 5) is 25.6. The maximum atomic E-state index is 15.6. The van der Waals surface area contributed by atoms with Gasteiger partial charge in [-0.25, -0.2) is 13.6 Å². The Labute approximate surface area is 242 Å². The number of methoxy groups -OCH3 is 1. The number of amides is 1. The summed E-state index contributed by atoms with van der Waals surface area (Å²) in [7, 11) is 1.27. The average molecular weight is 590 g/mol. The van der Waals surface area contributed by atoms with Gasteiger partial charge in [-0.15, -0.1) is 0 Å². The lowest BCUT2D eigenvalue weighted by atomic mass is 9.68. The summed E-state index contributed by atoms with van der Waals surface area (Å²) in [5.74, 6) is -3.39. The van der Waals surface area contributed by atoms with Crippen LogP contribution in [0, 0.1) is 17.0 Å². The molecule has 1 saturated heterocycles. The predicted molar refractivity (Wildman–Crippen MR) is 153 cm³/mol. The molecule has 40 heavy (non-hydrogen) atoms. The summed E-state index contributed by atoms with van der Waals surface area (Å²) >= 11 is 12.3. The highest BCUT2D eigenvalue weighted by Gasteiger charge is 2.58. The van der Waals surface area contributed by atoms with E-state index in [4.69, 9.17) is 33.7 Å². The molecule has 0 radical (unpaired) electrons. The molecule has 1 aliphatic rings. The molecule has 4 rings (SSSR count). The number of hydrogen-bond acceptors (Lipinski definition) is 5. The van der Waals surface area contributed by atoms with Gasteiger partial charge in [0.25, 0.3) is 0 Å². The van der Waals surface area contributed by atoms with Crippen LogP contribution in [0.15, 0.2) is 60.7 Å². The Morgan fingerprint density at radius 2 is 1.62 bits per heavy atom. The largest absolute Gasteiger partial charge is 0.465 e. The van der Waals surface area contributed by atoms with Crippen molar-refractivity contribution in [2.75, 3.05) is 12.4 Å². The van der Waals surface area contributed by atoms with Gasteiger partial charge in [0.05, 0.1) is 24.3 Å². The molecule has 1 aliphatic heterocycles. The van der Waals surface area contributed by atoms with E-state index in [1.54, 1.807) is 12.1 Å². The van der Waals surface area contributed by atoms with Gasteiger partial charge in [-0.2, -0.15) is 0 Å². The van der Waals surface area contributed by atoms with Gasteiger partial charge in [-0.05, 0) is 72.0 Å². The van der Waals surface area contributed by atoms with Crippen LogP contribution in [-0.2, 0) is 15.1 Å². The number of carbonyl (C=O) groups excluding carboxylic acids is 2. The van der Waals surface area contributed by atoms with Crippen LogP contribution < -0.4 is 16.4 Å². The smallest absolute Gasteiger partial charge is 0.337 e. The first kappa shape index (κ1) is 29.9. The van der Waals surface area contributed by atoms with Crippen molar-refractivity contribution < 1.29 is 23.1 Å². The van der Waals surface area contributed by atoms with Gasteiger partial charge >= 0.3 is 5.97 Å². The van der Waals surface area contributed by atoms with E-state index < -0.39 is 47.1 Å². The van der Waals surface area contributed by atoms with Crippen LogP contribution in [0.3, 0.4) is 0 Å². The number of hydrogen-bond donors (Lipinski definition) is 3. The molecule has 4 unspecified atom stereocenters.